The maximum absolute atomic E-state index is 11.6. The average molecular weight is 320 g/mol. The minimum absolute atomic E-state index is 0.0171. The molecule has 0 aromatic carbocycles. The normalized spacial score (nSPS) is 19.1. The first-order valence-electron chi connectivity index (χ1n) is 5.97. The Balaban J connectivity index is 2.45. The standard InChI is InChI=1S/C11H16N2O5S2/c1-11(2)7-12(4-5-18-11)10-8(13(14)15)6-9(19-10)20(3,16)17/h6H,4-5,7H2,1-3H3. The number of nitro groups is 1. The first-order valence-corrected chi connectivity index (χ1v) is 8.68. The average Bonchev–Trinajstić information content (AvgIpc) is 2.71. The number of nitrogens with zero attached hydrogens (tertiary/aromatic N) is 2. The Morgan fingerprint density at radius 2 is 2.15 bits per heavy atom. The Kier molecular flexibility index (Phi) is 3.78. The van der Waals surface area contributed by atoms with Crippen molar-refractivity contribution in [2.45, 2.75) is 23.7 Å². The van der Waals surface area contributed by atoms with Crippen LogP contribution in [-0.4, -0.2) is 44.9 Å². The fraction of sp³-hybridized carbons (Fsp3) is 0.636. The van der Waals surface area contributed by atoms with Gasteiger partial charge in [0.1, 0.15) is 4.21 Å². The maximum Gasteiger partial charge on any atom is 0.305 e. The van der Waals surface area contributed by atoms with Gasteiger partial charge >= 0.3 is 5.69 Å². The highest BCUT2D eigenvalue weighted by atomic mass is 32.2. The second-order valence-electron chi connectivity index (χ2n) is 5.31. The topological polar surface area (TPSA) is 89.8 Å². The smallest absolute Gasteiger partial charge is 0.305 e. The fourth-order valence-corrected chi connectivity index (χ4v) is 4.13. The lowest BCUT2D eigenvalue weighted by Gasteiger charge is -2.38. The van der Waals surface area contributed by atoms with Crippen LogP contribution in [0.25, 0.3) is 0 Å². The van der Waals surface area contributed by atoms with E-state index in [-0.39, 0.29) is 9.90 Å². The molecule has 0 atom stereocenters. The Hall–Kier alpha value is -1.19. The molecule has 0 aliphatic carbocycles. The Morgan fingerprint density at radius 3 is 2.65 bits per heavy atom. The number of hydrogen-bond acceptors (Lipinski definition) is 7. The van der Waals surface area contributed by atoms with Crippen molar-refractivity contribution in [1.82, 2.24) is 0 Å². The molecule has 0 spiro atoms. The third-order valence-electron chi connectivity index (χ3n) is 2.95. The summed E-state index contributed by atoms with van der Waals surface area (Å²) in [6.45, 7) is 5.24. The first kappa shape index (κ1) is 15.2. The molecule has 2 rings (SSSR count). The van der Waals surface area contributed by atoms with Gasteiger partial charge in [-0.15, -0.1) is 0 Å². The zero-order valence-electron chi connectivity index (χ0n) is 11.5. The van der Waals surface area contributed by atoms with Gasteiger partial charge in [-0.25, -0.2) is 8.42 Å². The van der Waals surface area contributed by atoms with Gasteiger partial charge in [0.05, 0.1) is 17.1 Å². The highest BCUT2D eigenvalue weighted by molar-refractivity contribution is 7.92. The lowest BCUT2D eigenvalue weighted by molar-refractivity contribution is -0.383. The van der Waals surface area contributed by atoms with Crippen LogP contribution in [0.3, 0.4) is 0 Å². The molecule has 0 radical (unpaired) electrons. The molecular weight excluding hydrogens is 304 g/mol. The number of anilines is 1. The van der Waals surface area contributed by atoms with Crippen LogP contribution in [0.4, 0.5) is 10.7 Å². The highest BCUT2D eigenvalue weighted by Gasteiger charge is 2.33. The van der Waals surface area contributed by atoms with Gasteiger partial charge in [-0.05, 0) is 13.8 Å². The number of rotatable bonds is 3. The molecule has 9 heteroatoms. The van der Waals surface area contributed by atoms with Crippen LogP contribution in [-0.2, 0) is 14.6 Å². The van der Waals surface area contributed by atoms with E-state index in [1.54, 1.807) is 0 Å². The summed E-state index contributed by atoms with van der Waals surface area (Å²) >= 11 is 0.943. The van der Waals surface area contributed by atoms with Gasteiger partial charge in [-0.2, -0.15) is 0 Å². The van der Waals surface area contributed by atoms with Crippen molar-refractivity contribution >= 4 is 31.9 Å². The molecule has 0 bridgehead atoms. The summed E-state index contributed by atoms with van der Waals surface area (Å²) in [6.07, 6.45) is 1.05. The second-order valence-corrected chi connectivity index (χ2v) is 8.59. The minimum Gasteiger partial charge on any atom is -0.372 e. The molecule has 1 aliphatic heterocycles. The SMILES string of the molecule is CC1(C)CN(c2sc(S(C)(=O)=O)cc2[N+](=O)[O-])CCO1. The molecule has 1 aliphatic rings. The second kappa shape index (κ2) is 4.97. The maximum atomic E-state index is 11.6. The Bertz CT molecular complexity index is 635. The number of sulfone groups is 1. The number of hydrogen-bond donors (Lipinski definition) is 0. The van der Waals surface area contributed by atoms with Gasteiger partial charge in [0.15, 0.2) is 14.8 Å². The summed E-state index contributed by atoms with van der Waals surface area (Å²) in [5.41, 5.74) is -0.574. The monoisotopic (exact) mass is 320 g/mol. The van der Waals surface area contributed by atoms with E-state index in [4.69, 9.17) is 4.74 Å². The summed E-state index contributed by atoms with van der Waals surface area (Å²) < 4.78 is 28.7. The van der Waals surface area contributed by atoms with E-state index in [2.05, 4.69) is 0 Å². The number of ether oxygens (including phenoxy) is 1. The van der Waals surface area contributed by atoms with Crippen molar-refractivity contribution in [3.63, 3.8) is 0 Å². The van der Waals surface area contributed by atoms with Crippen LogP contribution in [0.2, 0.25) is 0 Å². The van der Waals surface area contributed by atoms with E-state index in [0.29, 0.717) is 24.7 Å². The summed E-state index contributed by atoms with van der Waals surface area (Å²) in [6, 6.07) is 1.14. The highest BCUT2D eigenvalue weighted by Crippen LogP contribution is 2.41. The number of thiophene rings is 1. The molecule has 2 heterocycles. The van der Waals surface area contributed by atoms with E-state index in [1.807, 2.05) is 18.7 Å². The molecule has 1 aromatic heterocycles. The zero-order valence-corrected chi connectivity index (χ0v) is 13.1. The van der Waals surface area contributed by atoms with Crippen molar-refractivity contribution in [2.75, 3.05) is 30.9 Å². The summed E-state index contributed by atoms with van der Waals surface area (Å²) in [7, 11) is -3.45. The molecule has 7 nitrogen and oxygen atoms in total. The van der Waals surface area contributed by atoms with Crippen molar-refractivity contribution in [3.8, 4) is 0 Å². The van der Waals surface area contributed by atoms with E-state index >= 15 is 0 Å². The van der Waals surface area contributed by atoms with Gasteiger partial charge in [-0.3, -0.25) is 10.1 Å². The Morgan fingerprint density at radius 1 is 1.50 bits per heavy atom. The quantitative estimate of drug-likeness (QED) is 0.621. The third kappa shape index (κ3) is 3.10. The largest absolute Gasteiger partial charge is 0.372 e. The van der Waals surface area contributed by atoms with Crippen LogP contribution < -0.4 is 4.90 Å². The van der Waals surface area contributed by atoms with Crippen LogP contribution in [0.15, 0.2) is 10.3 Å². The molecule has 0 unspecified atom stereocenters. The summed E-state index contributed by atoms with van der Waals surface area (Å²) in [4.78, 5) is 12.4. The molecular formula is C11H16N2O5S2. The van der Waals surface area contributed by atoms with E-state index in [9.17, 15) is 18.5 Å². The van der Waals surface area contributed by atoms with E-state index < -0.39 is 20.4 Å². The van der Waals surface area contributed by atoms with Crippen molar-refractivity contribution < 1.29 is 18.1 Å². The minimum atomic E-state index is -3.45. The summed E-state index contributed by atoms with van der Waals surface area (Å²) in [5.74, 6) is 0. The zero-order chi connectivity index (χ0) is 15.1. The lowest BCUT2D eigenvalue weighted by atomic mass is 10.1. The van der Waals surface area contributed by atoms with Gasteiger partial charge in [0, 0.05) is 25.4 Å². The van der Waals surface area contributed by atoms with Gasteiger partial charge in [0.2, 0.25) is 0 Å². The predicted octanol–water partition coefficient (Wildman–Crippen LogP) is 1.68. The van der Waals surface area contributed by atoms with E-state index in [0.717, 1.165) is 23.7 Å². The van der Waals surface area contributed by atoms with Crippen molar-refractivity contribution in [2.24, 2.45) is 0 Å². The van der Waals surface area contributed by atoms with Crippen molar-refractivity contribution in [1.29, 1.82) is 0 Å². The van der Waals surface area contributed by atoms with Crippen molar-refractivity contribution in [3.05, 3.63) is 16.2 Å². The molecule has 20 heavy (non-hydrogen) atoms. The molecule has 1 fully saturated rings. The molecule has 1 saturated heterocycles. The predicted molar refractivity (Wildman–Crippen MR) is 76.3 cm³/mol. The van der Waals surface area contributed by atoms with Gasteiger partial charge in [-0.1, -0.05) is 11.3 Å². The van der Waals surface area contributed by atoms with Gasteiger partial charge < -0.3 is 9.64 Å². The summed E-state index contributed by atoms with van der Waals surface area (Å²) in [5, 5.41) is 11.5. The van der Waals surface area contributed by atoms with Crippen LogP contribution in [0.1, 0.15) is 13.8 Å². The molecule has 0 amide bonds. The third-order valence-corrected chi connectivity index (χ3v) is 5.93. The molecule has 1 aromatic rings. The molecule has 112 valence electrons. The lowest BCUT2D eigenvalue weighted by Crippen LogP contribution is -2.48. The Labute approximate surface area is 121 Å². The van der Waals surface area contributed by atoms with E-state index in [1.165, 1.54) is 0 Å². The number of morpholine rings is 1. The van der Waals surface area contributed by atoms with Crippen LogP contribution in [0, 0.1) is 10.1 Å². The van der Waals surface area contributed by atoms with Crippen LogP contribution in [0.5, 0.6) is 0 Å². The fourth-order valence-electron chi connectivity index (χ4n) is 2.08. The molecule has 0 N–H and O–H groups in total. The van der Waals surface area contributed by atoms with Gasteiger partial charge in [0.25, 0.3) is 0 Å². The first-order chi connectivity index (χ1) is 9.10. The van der Waals surface area contributed by atoms with Crippen LogP contribution >= 0.6 is 11.3 Å². The molecule has 0 saturated carbocycles.